The van der Waals surface area contributed by atoms with E-state index in [4.69, 9.17) is 9.15 Å². The highest BCUT2D eigenvalue weighted by Crippen LogP contribution is 2.50. The minimum Gasteiger partial charge on any atom is -0.464 e. The van der Waals surface area contributed by atoms with Gasteiger partial charge in [0.1, 0.15) is 11.2 Å². The third kappa shape index (κ3) is 4.71. The predicted molar refractivity (Wildman–Crippen MR) is 226 cm³/mol. The van der Waals surface area contributed by atoms with Gasteiger partial charge in [-0.25, -0.2) is 0 Å². The van der Waals surface area contributed by atoms with E-state index in [1.165, 1.54) is 49.8 Å². The normalized spacial score (nSPS) is 16.9. The Morgan fingerprint density at radius 2 is 1.47 bits per heavy atom. The zero-order valence-electron chi connectivity index (χ0n) is 29.9. The molecular formula is C51H34N2O2. The molecule has 1 aliphatic heterocycles. The standard InChI is InChI=1S/C51H34N2O2/c1-2-11-33(12-3-1)42-30-44-50(48-41-16-8-9-17-47(41)54-49(42)48)55-51(52-44)34-20-18-32(19-21-34)38-23-25-40-43-27-36-14-6-7-15-37(36)28-46(43)53(45(40)29-38)39-24-22-31-10-4-5-13-35(31)26-39/h1-27,29-30,37,51-52H,28H2. The van der Waals surface area contributed by atoms with Gasteiger partial charge < -0.3 is 19.0 Å². The van der Waals surface area contributed by atoms with Crippen LogP contribution < -0.4 is 10.1 Å². The van der Waals surface area contributed by atoms with Crippen molar-refractivity contribution >= 4 is 55.4 Å². The van der Waals surface area contributed by atoms with Crippen LogP contribution in [0.2, 0.25) is 0 Å². The molecule has 9 aromatic rings. The SMILES string of the molecule is C1=CC2=Cc3c(n(-c4ccc5ccccc5c4)c4cc(-c5ccc(C6Nc7cc(-c8ccccc8)c8oc9ccccc9c8c7O6)cc5)ccc34)CC2C=C1. The lowest BCUT2D eigenvalue weighted by Gasteiger charge is -2.24. The Kier molecular flexibility index (Phi) is 6.49. The summed E-state index contributed by atoms with van der Waals surface area (Å²) in [6, 6.07) is 52.1. The minimum atomic E-state index is -0.328. The van der Waals surface area contributed by atoms with Gasteiger partial charge in [0.25, 0.3) is 0 Å². The Labute approximate surface area is 317 Å². The molecule has 7 aromatic carbocycles. The molecular weight excluding hydrogens is 673 g/mol. The summed E-state index contributed by atoms with van der Waals surface area (Å²) >= 11 is 0. The molecule has 0 saturated heterocycles. The number of nitrogens with zero attached hydrogens (tertiary/aromatic N) is 1. The van der Waals surface area contributed by atoms with Gasteiger partial charge in [0.05, 0.1) is 16.6 Å². The van der Waals surface area contributed by atoms with Crippen LogP contribution in [0, 0.1) is 5.92 Å². The number of allylic oxidation sites excluding steroid dienone is 5. The van der Waals surface area contributed by atoms with E-state index in [0.29, 0.717) is 5.92 Å². The lowest BCUT2D eigenvalue weighted by molar-refractivity contribution is 0.263. The van der Waals surface area contributed by atoms with Gasteiger partial charge in [-0.2, -0.15) is 0 Å². The van der Waals surface area contributed by atoms with E-state index in [2.05, 4.69) is 168 Å². The van der Waals surface area contributed by atoms with E-state index in [1.807, 2.05) is 18.2 Å². The summed E-state index contributed by atoms with van der Waals surface area (Å²) in [4.78, 5) is 0. The highest BCUT2D eigenvalue weighted by molar-refractivity contribution is 6.15. The maximum absolute atomic E-state index is 6.76. The third-order valence-corrected chi connectivity index (χ3v) is 11.8. The van der Waals surface area contributed by atoms with Gasteiger partial charge in [0.15, 0.2) is 12.0 Å². The lowest BCUT2D eigenvalue weighted by Crippen LogP contribution is -2.14. The number of benzene rings is 7. The predicted octanol–water partition coefficient (Wildman–Crippen LogP) is 13.2. The molecule has 4 nitrogen and oxygen atoms in total. The Balaban J connectivity index is 0.933. The van der Waals surface area contributed by atoms with Crippen LogP contribution >= 0.6 is 0 Å². The molecule has 260 valence electrons. The van der Waals surface area contributed by atoms with Crippen LogP contribution in [-0.2, 0) is 6.42 Å². The van der Waals surface area contributed by atoms with Gasteiger partial charge in [-0.05, 0) is 75.9 Å². The molecule has 3 aliphatic rings. The second-order valence-corrected chi connectivity index (χ2v) is 14.9. The number of nitrogens with one attached hydrogen (secondary N) is 1. The van der Waals surface area contributed by atoms with Crippen LogP contribution in [0.1, 0.15) is 23.0 Å². The number of furan rings is 1. The van der Waals surface area contributed by atoms with Crippen molar-refractivity contribution in [3.8, 4) is 33.7 Å². The second kappa shape index (κ2) is 11.7. The molecule has 0 spiro atoms. The van der Waals surface area contributed by atoms with Crippen molar-refractivity contribution in [1.82, 2.24) is 4.57 Å². The van der Waals surface area contributed by atoms with Gasteiger partial charge in [-0.1, -0.05) is 140 Å². The molecule has 2 atom stereocenters. The monoisotopic (exact) mass is 706 g/mol. The number of anilines is 1. The Morgan fingerprint density at radius 3 is 2.38 bits per heavy atom. The van der Waals surface area contributed by atoms with E-state index in [-0.39, 0.29) is 6.23 Å². The smallest absolute Gasteiger partial charge is 0.196 e. The first-order valence-corrected chi connectivity index (χ1v) is 19.0. The molecule has 2 aliphatic carbocycles. The fourth-order valence-electron chi connectivity index (χ4n) is 9.06. The van der Waals surface area contributed by atoms with Crippen molar-refractivity contribution in [1.29, 1.82) is 0 Å². The summed E-state index contributed by atoms with van der Waals surface area (Å²) in [6.07, 6.45) is 12.0. The summed E-state index contributed by atoms with van der Waals surface area (Å²) in [6.45, 7) is 0. The molecule has 12 rings (SSSR count). The van der Waals surface area contributed by atoms with Crippen molar-refractivity contribution in [3.63, 3.8) is 0 Å². The lowest BCUT2D eigenvalue weighted by atomic mass is 9.83. The van der Waals surface area contributed by atoms with Crippen LogP contribution in [0.25, 0.3) is 77.6 Å². The number of fused-ring (bicyclic) bond motifs is 10. The number of hydrogen-bond donors (Lipinski definition) is 1. The quantitative estimate of drug-likeness (QED) is 0.198. The van der Waals surface area contributed by atoms with Crippen molar-refractivity contribution in [3.05, 3.63) is 192 Å². The first kappa shape index (κ1) is 30.4. The van der Waals surface area contributed by atoms with Gasteiger partial charge in [-0.3, -0.25) is 0 Å². The van der Waals surface area contributed by atoms with E-state index in [9.17, 15) is 0 Å². The molecule has 0 bridgehead atoms. The molecule has 4 heteroatoms. The number of rotatable bonds is 4. The molecule has 0 fully saturated rings. The molecule has 0 radical (unpaired) electrons. The molecule has 1 N–H and O–H groups in total. The first-order valence-electron chi connectivity index (χ1n) is 19.0. The summed E-state index contributed by atoms with van der Waals surface area (Å²) in [5.74, 6) is 1.22. The van der Waals surface area contributed by atoms with E-state index >= 15 is 0 Å². The van der Waals surface area contributed by atoms with E-state index in [1.54, 1.807) is 0 Å². The molecule has 0 amide bonds. The van der Waals surface area contributed by atoms with Gasteiger partial charge >= 0.3 is 0 Å². The summed E-state index contributed by atoms with van der Waals surface area (Å²) in [5.41, 5.74) is 14.7. The molecule has 3 heterocycles. The number of para-hydroxylation sites is 1. The maximum Gasteiger partial charge on any atom is 0.196 e. The Bertz CT molecular complexity index is 3120. The zero-order valence-corrected chi connectivity index (χ0v) is 29.9. The average Bonchev–Trinajstić information content (AvgIpc) is 3.94. The molecule has 0 saturated carbocycles. The van der Waals surface area contributed by atoms with Crippen molar-refractivity contribution < 1.29 is 9.15 Å². The van der Waals surface area contributed by atoms with Gasteiger partial charge in [0.2, 0.25) is 0 Å². The molecule has 55 heavy (non-hydrogen) atoms. The van der Waals surface area contributed by atoms with Crippen LogP contribution in [0.4, 0.5) is 5.69 Å². The van der Waals surface area contributed by atoms with Crippen LogP contribution in [0.3, 0.4) is 0 Å². The topological polar surface area (TPSA) is 39.3 Å². The van der Waals surface area contributed by atoms with Crippen LogP contribution in [0.5, 0.6) is 5.75 Å². The van der Waals surface area contributed by atoms with Gasteiger partial charge in [-0.15, -0.1) is 0 Å². The van der Waals surface area contributed by atoms with Crippen LogP contribution in [-0.4, -0.2) is 4.57 Å². The van der Waals surface area contributed by atoms with Crippen molar-refractivity contribution in [2.45, 2.75) is 12.6 Å². The van der Waals surface area contributed by atoms with Crippen LogP contribution in [0.15, 0.2) is 180 Å². The Morgan fingerprint density at radius 1 is 0.655 bits per heavy atom. The summed E-state index contributed by atoms with van der Waals surface area (Å²) in [5, 5.41) is 9.54. The maximum atomic E-state index is 6.76. The number of hydrogen-bond acceptors (Lipinski definition) is 3. The summed E-state index contributed by atoms with van der Waals surface area (Å²) < 4.78 is 15.8. The fraction of sp³-hybridized carbons (Fsp3) is 0.0588. The minimum absolute atomic E-state index is 0.328. The highest BCUT2D eigenvalue weighted by atomic mass is 16.5. The van der Waals surface area contributed by atoms with Crippen molar-refractivity contribution in [2.24, 2.45) is 5.92 Å². The second-order valence-electron chi connectivity index (χ2n) is 14.9. The van der Waals surface area contributed by atoms with Gasteiger partial charge in [0, 0.05) is 44.8 Å². The zero-order chi connectivity index (χ0) is 36.0. The fourth-order valence-corrected chi connectivity index (χ4v) is 9.06. The number of aromatic nitrogens is 1. The first-order chi connectivity index (χ1) is 27.2. The number of ether oxygens (including phenoxy) is 1. The third-order valence-electron chi connectivity index (χ3n) is 11.8. The van der Waals surface area contributed by atoms with Crippen molar-refractivity contribution in [2.75, 3.05) is 5.32 Å². The molecule has 2 unspecified atom stereocenters. The summed E-state index contributed by atoms with van der Waals surface area (Å²) in [7, 11) is 0. The van der Waals surface area contributed by atoms with E-state index < -0.39 is 0 Å². The van der Waals surface area contributed by atoms with E-state index in [0.717, 1.165) is 62.1 Å². The Hall–Kier alpha value is -7.04. The highest BCUT2D eigenvalue weighted by Gasteiger charge is 2.30. The average molecular weight is 707 g/mol. The largest absolute Gasteiger partial charge is 0.464 e. The molecule has 2 aromatic heterocycles.